The van der Waals surface area contributed by atoms with Crippen LogP contribution in [0.2, 0.25) is 0 Å². The molecule has 2 amide bonds. The average Bonchev–Trinajstić information content (AvgIpc) is 2.79. The number of nitrogens with zero attached hydrogens (tertiary/aromatic N) is 1. The lowest BCUT2D eigenvalue weighted by Crippen LogP contribution is -2.25. The molecule has 2 N–H and O–H groups in total. The van der Waals surface area contributed by atoms with Crippen LogP contribution < -0.4 is 10.6 Å². The zero-order chi connectivity index (χ0) is 24.0. The fourth-order valence-electron chi connectivity index (χ4n) is 3.05. The summed E-state index contributed by atoms with van der Waals surface area (Å²) >= 11 is 1.30. The Morgan fingerprint density at radius 3 is 2.52 bits per heavy atom. The van der Waals surface area contributed by atoms with Gasteiger partial charge >= 0.3 is 0 Å². The number of nitro groups is 1. The van der Waals surface area contributed by atoms with Crippen molar-refractivity contribution in [2.75, 3.05) is 10.6 Å². The SMILES string of the molecule is CCC(Sc1cccc(NC(=O)c2ccccc2F)c1)C(=O)Nc1cc([N+](=O)[O-])ccc1C. The van der Waals surface area contributed by atoms with Gasteiger partial charge in [-0.1, -0.05) is 31.2 Å². The summed E-state index contributed by atoms with van der Waals surface area (Å²) in [6.45, 7) is 3.62. The molecule has 0 aromatic heterocycles. The number of thioether (sulfide) groups is 1. The number of nitrogens with one attached hydrogen (secondary N) is 2. The lowest BCUT2D eigenvalue weighted by Gasteiger charge is -2.16. The summed E-state index contributed by atoms with van der Waals surface area (Å²) in [5.41, 5.74) is 1.41. The Hall–Kier alpha value is -3.72. The highest BCUT2D eigenvalue weighted by Crippen LogP contribution is 2.30. The van der Waals surface area contributed by atoms with E-state index in [9.17, 15) is 24.1 Å². The van der Waals surface area contributed by atoms with Crippen molar-refractivity contribution in [3.05, 3.63) is 93.8 Å². The minimum absolute atomic E-state index is 0.0614. The number of carbonyl (C=O) groups is 2. The van der Waals surface area contributed by atoms with Gasteiger partial charge in [-0.3, -0.25) is 19.7 Å². The van der Waals surface area contributed by atoms with Crippen LogP contribution in [0.1, 0.15) is 29.3 Å². The largest absolute Gasteiger partial charge is 0.325 e. The second kappa shape index (κ2) is 10.7. The first kappa shape index (κ1) is 23.9. The number of rotatable bonds is 8. The molecule has 0 saturated carbocycles. The van der Waals surface area contributed by atoms with Crippen molar-refractivity contribution in [1.82, 2.24) is 0 Å². The first-order valence-corrected chi connectivity index (χ1v) is 11.0. The fraction of sp³-hybridized carbons (Fsp3) is 0.167. The predicted octanol–water partition coefficient (Wildman–Crippen LogP) is 5.80. The molecule has 0 spiro atoms. The zero-order valence-corrected chi connectivity index (χ0v) is 18.8. The second-order valence-corrected chi connectivity index (χ2v) is 8.50. The van der Waals surface area contributed by atoms with Crippen LogP contribution in [0.25, 0.3) is 0 Å². The van der Waals surface area contributed by atoms with Gasteiger partial charge in [0.1, 0.15) is 5.82 Å². The van der Waals surface area contributed by atoms with E-state index >= 15 is 0 Å². The maximum atomic E-state index is 13.9. The molecule has 0 aliphatic heterocycles. The average molecular weight is 468 g/mol. The number of hydrogen-bond acceptors (Lipinski definition) is 5. The Labute approximate surface area is 194 Å². The summed E-state index contributed by atoms with van der Waals surface area (Å²) in [5, 5.41) is 16.0. The molecular weight excluding hydrogens is 445 g/mol. The third-order valence-electron chi connectivity index (χ3n) is 4.84. The highest BCUT2D eigenvalue weighted by atomic mass is 32.2. The lowest BCUT2D eigenvalue weighted by atomic mass is 10.1. The molecule has 170 valence electrons. The number of amides is 2. The molecule has 3 rings (SSSR count). The maximum Gasteiger partial charge on any atom is 0.271 e. The van der Waals surface area contributed by atoms with Crippen molar-refractivity contribution in [3.63, 3.8) is 0 Å². The molecule has 3 aromatic carbocycles. The topological polar surface area (TPSA) is 101 Å². The van der Waals surface area contributed by atoms with Crippen molar-refractivity contribution in [2.24, 2.45) is 0 Å². The summed E-state index contributed by atoms with van der Waals surface area (Å²) < 4.78 is 13.9. The molecule has 7 nitrogen and oxygen atoms in total. The number of anilines is 2. The van der Waals surface area contributed by atoms with E-state index in [2.05, 4.69) is 10.6 Å². The third-order valence-corrected chi connectivity index (χ3v) is 6.20. The molecule has 33 heavy (non-hydrogen) atoms. The Bertz CT molecular complexity index is 1200. The summed E-state index contributed by atoms with van der Waals surface area (Å²) in [7, 11) is 0. The number of halogens is 1. The van der Waals surface area contributed by atoms with E-state index in [1.807, 2.05) is 6.92 Å². The minimum Gasteiger partial charge on any atom is -0.325 e. The molecule has 0 bridgehead atoms. The van der Waals surface area contributed by atoms with Gasteiger partial charge in [-0.25, -0.2) is 4.39 Å². The number of aryl methyl sites for hydroxylation is 1. The summed E-state index contributed by atoms with van der Waals surface area (Å²) in [5.74, 6) is -1.47. The van der Waals surface area contributed by atoms with Gasteiger partial charge < -0.3 is 10.6 Å². The molecule has 0 fully saturated rings. The molecule has 1 unspecified atom stereocenters. The van der Waals surface area contributed by atoms with Crippen molar-refractivity contribution in [2.45, 2.75) is 30.4 Å². The van der Waals surface area contributed by atoms with E-state index in [4.69, 9.17) is 0 Å². The number of nitro benzene ring substituents is 1. The van der Waals surface area contributed by atoms with Crippen LogP contribution in [0.5, 0.6) is 0 Å². The highest BCUT2D eigenvalue weighted by molar-refractivity contribution is 8.00. The Morgan fingerprint density at radius 1 is 1.06 bits per heavy atom. The van der Waals surface area contributed by atoms with Crippen molar-refractivity contribution in [1.29, 1.82) is 0 Å². The number of benzene rings is 3. The summed E-state index contributed by atoms with van der Waals surface area (Å²) in [6, 6.07) is 16.9. The van der Waals surface area contributed by atoms with E-state index in [0.29, 0.717) is 23.4 Å². The molecule has 3 aromatic rings. The smallest absolute Gasteiger partial charge is 0.271 e. The van der Waals surface area contributed by atoms with Crippen molar-refractivity contribution < 1.29 is 18.9 Å². The summed E-state index contributed by atoms with van der Waals surface area (Å²) in [4.78, 5) is 36.5. The van der Waals surface area contributed by atoms with Crippen LogP contribution in [0.4, 0.5) is 21.5 Å². The minimum atomic E-state index is -0.611. The molecule has 1 atom stereocenters. The normalized spacial score (nSPS) is 11.5. The monoisotopic (exact) mass is 467 g/mol. The first-order chi connectivity index (χ1) is 15.8. The molecule has 0 aliphatic carbocycles. The van der Waals surface area contributed by atoms with Crippen LogP contribution >= 0.6 is 11.8 Å². The van der Waals surface area contributed by atoms with Crippen molar-refractivity contribution in [3.8, 4) is 0 Å². The molecular formula is C24H22FN3O4S. The van der Waals surface area contributed by atoms with Gasteiger partial charge in [-0.15, -0.1) is 11.8 Å². The highest BCUT2D eigenvalue weighted by Gasteiger charge is 2.20. The van der Waals surface area contributed by atoms with Crippen LogP contribution in [0.3, 0.4) is 0 Å². The first-order valence-electron chi connectivity index (χ1n) is 10.2. The van der Waals surface area contributed by atoms with Gasteiger partial charge in [0.05, 0.1) is 21.4 Å². The number of non-ortho nitro benzene ring substituents is 1. The Morgan fingerprint density at radius 2 is 1.82 bits per heavy atom. The van der Waals surface area contributed by atoms with Gasteiger partial charge in [-0.05, 0) is 49.2 Å². The van der Waals surface area contributed by atoms with E-state index in [-0.39, 0.29) is 17.2 Å². The molecule has 9 heteroatoms. The van der Waals surface area contributed by atoms with Gasteiger partial charge in [0.2, 0.25) is 5.91 Å². The predicted molar refractivity (Wildman–Crippen MR) is 127 cm³/mol. The van der Waals surface area contributed by atoms with E-state index < -0.39 is 21.9 Å². The molecule has 0 heterocycles. The van der Waals surface area contributed by atoms with Gasteiger partial charge in [-0.2, -0.15) is 0 Å². The van der Waals surface area contributed by atoms with Gasteiger partial charge in [0, 0.05) is 22.7 Å². The van der Waals surface area contributed by atoms with Crippen LogP contribution in [0.15, 0.2) is 71.6 Å². The van der Waals surface area contributed by atoms with Gasteiger partial charge in [0.15, 0.2) is 0 Å². The van der Waals surface area contributed by atoms with Gasteiger partial charge in [0.25, 0.3) is 11.6 Å². The molecule has 0 saturated heterocycles. The van der Waals surface area contributed by atoms with E-state index in [1.165, 1.54) is 42.1 Å². The molecule has 0 radical (unpaired) electrons. The second-order valence-electron chi connectivity index (χ2n) is 7.22. The van der Waals surface area contributed by atoms with Crippen LogP contribution in [-0.2, 0) is 4.79 Å². The molecule has 0 aliphatic rings. The fourth-order valence-corrected chi connectivity index (χ4v) is 4.06. The van der Waals surface area contributed by atoms with Crippen LogP contribution in [0, 0.1) is 22.9 Å². The number of carbonyl (C=O) groups excluding carboxylic acids is 2. The lowest BCUT2D eigenvalue weighted by molar-refractivity contribution is -0.384. The quantitative estimate of drug-likeness (QED) is 0.248. The van der Waals surface area contributed by atoms with E-state index in [1.54, 1.807) is 43.3 Å². The van der Waals surface area contributed by atoms with E-state index in [0.717, 1.165) is 4.90 Å². The zero-order valence-electron chi connectivity index (χ0n) is 18.0. The standard InChI is InChI=1S/C24H22FN3O4S/c1-3-22(24(30)27-21-14-17(28(31)32)12-11-15(21)2)33-18-8-6-7-16(13-18)26-23(29)19-9-4-5-10-20(19)25/h4-14,22H,3H2,1-2H3,(H,26,29)(H,27,30). The third kappa shape index (κ3) is 6.17. The number of hydrogen-bond donors (Lipinski definition) is 2. The Kier molecular flexibility index (Phi) is 7.78. The Balaban J connectivity index is 1.71. The summed E-state index contributed by atoms with van der Waals surface area (Å²) in [6.07, 6.45) is 0.510. The van der Waals surface area contributed by atoms with Crippen molar-refractivity contribution >= 4 is 40.6 Å². The maximum absolute atomic E-state index is 13.9. The van der Waals surface area contributed by atoms with Crippen LogP contribution in [-0.4, -0.2) is 22.0 Å².